The summed E-state index contributed by atoms with van der Waals surface area (Å²) in [5, 5.41) is 22.3. The second kappa shape index (κ2) is 9.19. The summed E-state index contributed by atoms with van der Waals surface area (Å²) in [6, 6.07) is 12.3. The van der Waals surface area contributed by atoms with E-state index in [0.29, 0.717) is 27.9 Å². The Balaban J connectivity index is 1.86. The number of carboxylic acids is 2. The van der Waals surface area contributed by atoms with Crippen molar-refractivity contribution in [3.8, 4) is 11.4 Å². The van der Waals surface area contributed by atoms with E-state index in [0.717, 1.165) is 5.56 Å². The molecular weight excluding hydrogens is 472 g/mol. The molecule has 1 atom stereocenters. The molecular formula is C25H21ClN4O5. The van der Waals surface area contributed by atoms with Crippen molar-refractivity contribution in [3.05, 3.63) is 86.4 Å². The Morgan fingerprint density at radius 3 is 2.34 bits per heavy atom. The van der Waals surface area contributed by atoms with Crippen molar-refractivity contribution >= 4 is 40.1 Å². The van der Waals surface area contributed by atoms with Crippen molar-refractivity contribution < 1.29 is 19.8 Å². The zero-order chi connectivity index (χ0) is 25.4. The maximum Gasteiger partial charge on any atom is 0.356 e. The van der Waals surface area contributed by atoms with Gasteiger partial charge in [0.2, 0.25) is 0 Å². The lowest BCUT2D eigenvalue weighted by Gasteiger charge is -2.20. The van der Waals surface area contributed by atoms with Gasteiger partial charge in [0.25, 0.3) is 5.56 Å². The normalized spacial score (nSPS) is 11.9. The number of anilines is 1. The van der Waals surface area contributed by atoms with Gasteiger partial charge in [-0.2, -0.15) is 0 Å². The summed E-state index contributed by atoms with van der Waals surface area (Å²) in [4.78, 5) is 44.8. The average Bonchev–Trinajstić information content (AvgIpc) is 2.82. The largest absolute Gasteiger partial charge is 0.478 e. The summed E-state index contributed by atoms with van der Waals surface area (Å²) >= 11 is 5.87. The lowest BCUT2D eigenvalue weighted by Crippen LogP contribution is -2.22. The fourth-order valence-electron chi connectivity index (χ4n) is 3.93. The molecule has 0 saturated carbocycles. The molecule has 9 nitrogen and oxygen atoms in total. The van der Waals surface area contributed by atoms with Crippen LogP contribution in [0.5, 0.6) is 0 Å². The number of nitrogens with zero attached hydrogens (tertiary/aromatic N) is 3. The number of pyridine rings is 1. The number of aromatic nitrogens is 3. The van der Waals surface area contributed by atoms with Gasteiger partial charge in [0.15, 0.2) is 5.69 Å². The second-order valence-electron chi connectivity index (χ2n) is 8.13. The van der Waals surface area contributed by atoms with Crippen molar-refractivity contribution in [2.45, 2.75) is 19.9 Å². The van der Waals surface area contributed by atoms with Gasteiger partial charge in [0.05, 0.1) is 28.2 Å². The first-order chi connectivity index (χ1) is 16.6. The van der Waals surface area contributed by atoms with Gasteiger partial charge in [0.1, 0.15) is 11.0 Å². The van der Waals surface area contributed by atoms with Crippen LogP contribution in [0.25, 0.3) is 22.3 Å². The lowest BCUT2D eigenvalue weighted by atomic mass is 10.0. The standard InChI is InChI=1S/C25H21ClN4O5/c1-12-10-16(13(2)27-18-8-9-19(26)28-21(18)25(34)35)20-17(11-12)23(31)30(3)22(29-20)14-4-6-15(7-5-14)24(32)33/h4-11,13,27H,1-3H3,(H,32,33)(H,34,35)/t13-/m1/s1. The number of aromatic carboxylic acids is 2. The molecule has 0 aliphatic rings. The first kappa shape index (κ1) is 23.9. The number of benzene rings is 2. The highest BCUT2D eigenvalue weighted by Crippen LogP contribution is 2.29. The molecule has 0 saturated heterocycles. The van der Waals surface area contributed by atoms with Gasteiger partial charge >= 0.3 is 11.9 Å². The van der Waals surface area contributed by atoms with E-state index in [2.05, 4.69) is 10.3 Å². The number of carboxylic acid groups (broad SMARTS) is 2. The number of hydrogen-bond acceptors (Lipinski definition) is 6. The van der Waals surface area contributed by atoms with Crippen molar-refractivity contribution in [2.24, 2.45) is 7.05 Å². The molecule has 4 rings (SSSR count). The van der Waals surface area contributed by atoms with Crippen LogP contribution in [0.4, 0.5) is 5.69 Å². The van der Waals surface area contributed by atoms with E-state index < -0.39 is 18.0 Å². The Morgan fingerprint density at radius 2 is 1.71 bits per heavy atom. The van der Waals surface area contributed by atoms with Crippen molar-refractivity contribution in [1.29, 1.82) is 0 Å². The van der Waals surface area contributed by atoms with E-state index in [1.807, 2.05) is 19.9 Å². The molecule has 2 heterocycles. The molecule has 0 amide bonds. The topological polar surface area (TPSA) is 134 Å². The molecule has 3 N–H and O–H groups in total. The maximum atomic E-state index is 13.3. The third-order valence-electron chi connectivity index (χ3n) is 5.65. The number of aryl methyl sites for hydroxylation is 1. The molecule has 10 heteroatoms. The first-order valence-corrected chi connectivity index (χ1v) is 11.0. The van der Waals surface area contributed by atoms with Crippen molar-refractivity contribution in [1.82, 2.24) is 14.5 Å². The third-order valence-corrected chi connectivity index (χ3v) is 5.86. The molecule has 0 aliphatic carbocycles. The zero-order valence-corrected chi connectivity index (χ0v) is 19.8. The van der Waals surface area contributed by atoms with E-state index in [9.17, 15) is 24.6 Å². The van der Waals surface area contributed by atoms with E-state index in [1.165, 1.54) is 28.8 Å². The minimum Gasteiger partial charge on any atom is -0.478 e. The molecule has 178 valence electrons. The fraction of sp³-hybridized carbons (Fsp3) is 0.160. The second-order valence-corrected chi connectivity index (χ2v) is 8.52. The molecule has 0 aliphatic heterocycles. The SMILES string of the molecule is Cc1cc([C@@H](C)Nc2ccc(Cl)nc2C(=O)O)c2nc(-c3ccc(C(=O)O)cc3)n(C)c(=O)c2c1. The Morgan fingerprint density at radius 1 is 1.03 bits per heavy atom. The molecule has 0 spiro atoms. The number of carbonyl (C=O) groups is 2. The molecule has 2 aromatic carbocycles. The Bertz CT molecular complexity index is 1550. The minimum atomic E-state index is -1.23. The zero-order valence-electron chi connectivity index (χ0n) is 19.0. The van der Waals surface area contributed by atoms with E-state index in [4.69, 9.17) is 16.6 Å². The molecule has 35 heavy (non-hydrogen) atoms. The van der Waals surface area contributed by atoms with Crippen LogP contribution in [0, 0.1) is 6.92 Å². The smallest absolute Gasteiger partial charge is 0.356 e. The Hall–Kier alpha value is -4.24. The quantitative estimate of drug-likeness (QED) is 0.334. The highest BCUT2D eigenvalue weighted by Gasteiger charge is 2.20. The third kappa shape index (κ3) is 4.58. The summed E-state index contributed by atoms with van der Waals surface area (Å²) in [5.74, 6) is -1.90. The minimum absolute atomic E-state index is 0.0605. The molecule has 0 unspecified atom stereocenters. The van der Waals surface area contributed by atoms with Crippen LogP contribution in [0.15, 0.2) is 53.3 Å². The molecule has 0 fully saturated rings. The fourth-order valence-corrected chi connectivity index (χ4v) is 4.08. The monoisotopic (exact) mass is 492 g/mol. The summed E-state index contributed by atoms with van der Waals surface area (Å²) in [5.41, 5.74) is 2.48. The highest BCUT2D eigenvalue weighted by molar-refractivity contribution is 6.29. The highest BCUT2D eigenvalue weighted by atomic mass is 35.5. The maximum absolute atomic E-state index is 13.3. The van der Waals surface area contributed by atoms with Gasteiger partial charge in [-0.25, -0.2) is 19.6 Å². The van der Waals surface area contributed by atoms with Crippen LogP contribution in [0.2, 0.25) is 5.15 Å². The van der Waals surface area contributed by atoms with Gasteiger partial charge in [-0.1, -0.05) is 29.8 Å². The average molecular weight is 493 g/mol. The number of rotatable bonds is 6. The number of nitrogens with one attached hydrogen (secondary N) is 1. The van der Waals surface area contributed by atoms with Gasteiger partial charge in [-0.15, -0.1) is 0 Å². The van der Waals surface area contributed by atoms with E-state index in [1.54, 1.807) is 25.2 Å². The van der Waals surface area contributed by atoms with Gasteiger partial charge < -0.3 is 15.5 Å². The van der Waals surface area contributed by atoms with Crippen LogP contribution < -0.4 is 10.9 Å². The van der Waals surface area contributed by atoms with Crippen molar-refractivity contribution in [3.63, 3.8) is 0 Å². The summed E-state index contributed by atoms with van der Waals surface area (Å²) < 4.78 is 1.42. The van der Waals surface area contributed by atoms with Crippen LogP contribution in [0.1, 0.15) is 44.9 Å². The molecule has 4 aromatic rings. The van der Waals surface area contributed by atoms with E-state index >= 15 is 0 Å². The molecule has 0 bridgehead atoms. The predicted molar refractivity (Wildman–Crippen MR) is 132 cm³/mol. The lowest BCUT2D eigenvalue weighted by molar-refractivity contribution is 0.0683. The van der Waals surface area contributed by atoms with Gasteiger partial charge in [-0.3, -0.25) is 9.36 Å². The predicted octanol–water partition coefficient (Wildman–Crippen LogP) is 4.53. The number of halogens is 1. The Kier molecular flexibility index (Phi) is 6.27. The van der Waals surface area contributed by atoms with Crippen LogP contribution in [0.3, 0.4) is 0 Å². The first-order valence-electron chi connectivity index (χ1n) is 10.6. The van der Waals surface area contributed by atoms with Gasteiger partial charge in [0, 0.05) is 18.2 Å². The van der Waals surface area contributed by atoms with E-state index in [-0.39, 0.29) is 27.7 Å². The number of hydrogen-bond donors (Lipinski definition) is 3. The number of fused-ring (bicyclic) bond motifs is 1. The van der Waals surface area contributed by atoms with Crippen LogP contribution in [-0.4, -0.2) is 36.7 Å². The van der Waals surface area contributed by atoms with Crippen molar-refractivity contribution in [2.75, 3.05) is 5.32 Å². The van der Waals surface area contributed by atoms with Gasteiger partial charge in [-0.05, 0) is 49.7 Å². The summed E-state index contributed by atoms with van der Waals surface area (Å²) in [6.07, 6.45) is 0. The van der Waals surface area contributed by atoms with Crippen LogP contribution in [-0.2, 0) is 7.05 Å². The molecule has 0 radical (unpaired) electrons. The summed E-state index contributed by atoms with van der Waals surface area (Å²) in [7, 11) is 1.61. The van der Waals surface area contributed by atoms with Crippen LogP contribution >= 0.6 is 11.6 Å². The molecule has 2 aromatic heterocycles. The Labute approximate surface area is 204 Å². The summed E-state index contributed by atoms with van der Waals surface area (Å²) in [6.45, 7) is 3.69.